The minimum absolute atomic E-state index is 0.167. The Morgan fingerprint density at radius 2 is 2.00 bits per heavy atom. The van der Waals surface area contributed by atoms with Gasteiger partial charge in [0.25, 0.3) is 0 Å². The number of oxime groups is 1. The van der Waals surface area contributed by atoms with Crippen LogP contribution < -0.4 is 5.73 Å². The Bertz CT molecular complexity index is 278. The van der Waals surface area contributed by atoms with E-state index in [0.717, 1.165) is 0 Å². The number of nitrogens with zero attached hydrogens (tertiary/aromatic N) is 1. The lowest BCUT2D eigenvalue weighted by Gasteiger charge is -2.67. The molecule has 3 aliphatic rings. The largest absolute Gasteiger partial charge is 0.469 e. The van der Waals surface area contributed by atoms with Crippen LogP contribution in [-0.4, -0.2) is 24.1 Å². The average Bonchev–Trinajstić information content (AvgIpc) is 1.98. The highest BCUT2D eigenvalue weighted by Crippen LogP contribution is 2.73. The van der Waals surface area contributed by atoms with E-state index < -0.39 is 0 Å². The fraction of sp³-hybridized carbons (Fsp3) is 0.750. The zero-order valence-electron chi connectivity index (χ0n) is 7.41. The quantitative estimate of drug-likeness (QED) is 0.209. The molecule has 72 valence electrons. The third-order valence-electron chi connectivity index (χ3n) is 3.30. The summed E-state index contributed by atoms with van der Waals surface area (Å²) in [6, 6.07) is 0. The summed E-state index contributed by atoms with van der Waals surface area (Å²) in [5.41, 5.74) is 4.98. The van der Waals surface area contributed by atoms with Crippen LogP contribution in [0.5, 0.6) is 0 Å². The molecular formula is C8H12N2O3. The Kier molecular flexibility index (Phi) is 1.38. The van der Waals surface area contributed by atoms with Gasteiger partial charge in [-0.3, -0.25) is 4.79 Å². The zero-order chi connectivity index (χ0) is 9.69. The standard InChI is InChI=1S/C8H12N2O3/c1-13-6(11)8-2-7(3-8,4-8)5(9)10-12/h12H,2-4H2,1H3,(H2,9,10). The summed E-state index contributed by atoms with van der Waals surface area (Å²) in [6.45, 7) is 0. The van der Waals surface area contributed by atoms with Crippen molar-refractivity contribution in [2.45, 2.75) is 19.3 Å². The van der Waals surface area contributed by atoms with E-state index in [-0.39, 0.29) is 22.6 Å². The Morgan fingerprint density at radius 1 is 1.46 bits per heavy atom. The molecule has 2 bridgehead atoms. The molecule has 0 atom stereocenters. The van der Waals surface area contributed by atoms with E-state index in [0.29, 0.717) is 19.3 Å². The molecule has 0 aromatic heterocycles. The molecule has 0 aromatic rings. The second-order valence-electron chi connectivity index (χ2n) is 4.07. The smallest absolute Gasteiger partial charge is 0.311 e. The summed E-state index contributed by atoms with van der Waals surface area (Å²) in [7, 11) is 1.39. The Morgan fingerprint density at radius 3 is 2.38 bits per heavy atom. The Labute approximate surface area is 75.5 Å². The minimum Gasteiger partial charge on any atom is -0.469 e. The minimum atomic E-state index is -0.315. The number of esters is 1. The average molecular weight is 184 g/mol. The van der Waals surface area contributed by atoms with Crippen molar-refractivity contribution < 1.29 is 14.7 Å². The summed E-state index contributed by atoms with van der Waals surface area (Å²) < 4.78 is 4.67. The van der Waals surface area contributed by atoms with E-state index in [1.807, 2.05) is 0 Å². The summed E-state index contributed by atoms with van der Waals surface area (Å²) in [4.78, 5) is 11.2. The van der Waals surface area contributed by atoms with Gasteiger partial charge in [-0.1, -0.05) is 5.16 Å². The molecule has 3 aliphatic carbocycles. The molecule has 5 nitrogen and oxygen atoms in total. The van der Waals surface area contributed by atoms with Gasteiger partial charge in [0.1, 0.15) is 5.84 Å². The van der Waals surface area contributed by atoms with E-state index in [9.17, 15) is 4.79 Å². The second kappa shape index (κ2) is 2.16. The lowest BCUT2D eigenvalue weighted by molar-refractivity contribution is -0.203. The zero-order valence-corrected chi connectivity index (χ0v) is 7.41. The molecule has 3 saturated carbocycles. The molecular weight excluding hydrogens is 172 g/mol. The third kappa shape index (κ3) is 0.765. The van der Waals surface area contributed by atoms with Crippen LogP contribution in [0.25, 0.3) is 0 Å². The van der Waals surface area contributed by atoms with E-state index in [4.69, 9.17) is 10.9 Å². The molecule has 5 heteroatoms. The lowest BCUT2D eigenvalue weighted by Crippen LogP contribution is -2.70. The van der Waals surface area contributed by atoms with Crippen molar-refractivity contribution in [1.29, 1.82) is 0 Å². The van der Waals surface area contributed by atoms with Crippen molar-refractivity contribution in [1.82, 2.24) is 0 Å². The van der Waals surface area contributed by atoms with Crippen LogP contribution in [0.2, 0.25) is 0 Å². The van der Waals surface area contributed by atoms with Crippen molar-refractivity contribution in [3.8, 4) is 0 Å². The number of hydrogen-bond donors (Lipinski definition) is 2. The number of nitrogens with two attached hydrogens (primary N) is 1. The van der Waals surface area contributed by atoms with E-state index in [1.54, 1.807) is 0 Å². The van der Waals surface area contributed by atoms with Gasteiger partial charge in [-0.25, -0.2) is 0 Å². The number of ether oxygens (including phenoxy) is 1. The number of methoxy groups -OCH3 is 1. The maximum absolute atomic E-state index is 11.2. The number of carbonyl (C=O) groups excluding carboxylic acids is 1. The van der Waals surface area contributed by atoms with E-state index >= 15 is 0 Å². The van der Waals surface area contributed by atoms with Gasteiger partial charge in [-0.2, -0.15) is 0 Å². The van der Waals surface area contributed by atoms with Crippen LogP contribution in [0.4, 0.5) is 0 Å². The highest BCUT2D eigenvalue weighted by atomic mass is 16.5. The van der Waals surface area contributed by atoms with Crippen molar-refractivity contribution >= 4 is 11.8 Å². The van der Waals surface area contributed by atoms with Crippen molar-refractivity contribution in [3.63, 3.8) is 0 Å². The van der Waals surface area contributed by atoms with Gasteiger partial charge in [-0.15, -0.1) is 0 Å². The molecule has 3 rings (SSSR count). The molecule has 0 aliphatic heterocycles. The second-order valence-corrected chi connectivity index (χ2v) is 4.07. The van der Waals surface area contributed by atoms with Gasteiger partial charge in [-0.05, 0) is 19.3 Å². The molecule has 13 heavy (non-hydrogen) atoms. The first kappa shape index (κ1) is 8.34. The normalized spacial score (nSPS) is 41.8. The van der Waals surface area contributed by atoms with Gasteiger partial charge >= 0.3 is 5.97 Å². The van der Waals surface area contributed by atoms with Crippen LogP contribution >= 0.6 is 0 Å². The van der Waals surface area contributed by atoms with Crippen LogP contribution in [-0.2, 0) is 9.53 Å². The summed E-state index contributed by atoms with van der Waals surface area (Å²) in [5.74, 6) is 0.0818. The molecule has 0 spiro atoms. The fourth-order valence-electron chi connectivity index (χ4n) is 2.60. The maximum atomic E-state index is 11.2. The summed E-state index contributed by atoms with van der Waals surface area (Å²) >= 11 is 0. The number of rotatable bonds is 2. The van der Waals surface area contributed by atoms with Crippen LogP contribution in [0, 0.1) is 10.8 Å². The van der Waals surface area contributed by atoms with Gasteiger partial charge in [0.05, 0.1) is 12.5 Å². The van der Waals surface area contributed by atoms with Crippen LogP contribution in [0.1, 0.15) is 19.3 Å². The maximum Gasteiger partial charge on any atom is 0.311 e. The first-order valence-corrected chi connectivity index (χ1v) is 4.15. The highest BCUT2D eigenvalue weighted by molar-refractivity contribution is 5.95. The van der Waals surface area contributed by atoms with E-state index in [2.05, 4.69) is 9.89 Å². The predicted octanol–water partition coefficient (Wildman–Crippen LogP) is 0.0761. The molecule has 0 heterocycles. The van der Waals surface area contributed by atoms with Gasteiger partial charge in [0, 0.05) is 5.41 Å². The third-order valence-corrected chi connectivity index (χ3v) is 3.30. The first-order chi connectivity index (χ1) is 6.08. The Hall–Kier alpha value is -1.26. The predicted molar refractivity (Wildman–Crippen MR) is 44.1 cm³/mol. The molecule has 0 unspecified atom stereocenters. The lowest BCUT2D eigenvalue weighted by atomic mass is 9.34. The topological polar surface area (TPSA) is 84.9 Å². The number of carbonyl (C=O) groups is 1. The molecule has 3 fully saturated rings. The van der Waals surface area contributed by atoms with Crippen molar-refractivity contribution in [2.75, 3.05) is 7.11 Å². The first-order valence-electron chi connectivity index (χ1n) is 4.15. The molecule has 0 saturated heterocycles. The van der Waals surface area contributed by atoms with E-state index in [1.165, 1.54) is 7.11 Å². The SMILES string of the molecule is COC(=O)C12CC(/C(N)=N/O)(C1)C2. The summed E-state index contributed by atoms with van der Waals surface area (Å²) in [6.07, 6.45) is 2.01. The molecule has 3 N–H and O–H groups in total. The van der Waals surface area contributed by atoms with Crippen LogP contribution in [0.15, 0.2) is 5.16 Å². The number of hydrogen-bond acceptors (Lipinski definition) is 4. The monoisotopic (exact) mass is 184 g/mol. The summed E-state index contributed by atoms with van der Waals surface area (Å²) in [5, 5.41) is 11.5. The van der Waals surface area contributed by atoms with Gasteiger partial charge < -0.3 is 15.7 Å². The van der Waals surface area contributed by atoms with Gasteiger partial charge in [0.2, 0.25) is 0 Å². The Balaban J connectivity index is 2.04. The molecule has 0 aromatic carbocycles. The van der Waals surface area contributed by atoms with Crippen molar-refractivity contribution in [2.24, 2.45) is 21.7 Å². The molecule has 0 radical (unpaired) electrons. The van der Waals surface area contributed by atoms with Gasteiger partial charge in [0.15, 0.2) is 0 Å². The van der Waals surface area contributed by atoms with Crippen LogP contribution in [0.3, 0.4) is 0 Å². The van der Waals surface area contributed by atoms with Crippen molar-refractivity contribution in [3.05, 3.63) is 0 Å². The fourth-order valence-corrected chi connectivity index (χ4v) is 2.60. The highest BCUT2D eigenvalue weighted by Gasteiger charge is 2.74. The number of amidine groups is 1. The molecule has 0 amide bonds.